The van der Waals surface area contributed by atoms with Gasteiger partial charge in [0.15, 0.2) is 0 Å². The molecule has 1 saturated heterocycles. The summed E-state index contributed by atoms with van der Waals surface area (Å²) in [5.74, 6) is 1.15. The largest absolute Gasteiger partial charge is 0.492 e. The predicted octanol–water partition coefficient (Wildman–Crippen LogP) is 5.05. The molecule has 8 heteroatoms. The van der Waals surface area contributed by atoms with Crippen molar-refractivity contribution in [1.82, 2.24) is 4.31 Å². The number of hydrogen-bond acceptors (Lipinski definition) is 4. The molecule has 2 aromatic rings. The van der Waals surface area contributed by atoms with Gasteiger partial charge in [0, 0.05) is 21.2 Å². The first-order valence-corrected chi connectivity index (χ1v) is 11.8. The average molecular weight is 507 g/mol. The van der Waals surface area contributed by atoms with Gasteiger partial charge in [-0.3, -0.25) is 0 Å². The lowest BCUT2D eigenvalue weighted by Gasteiger charge is -2.24. The van der Waals surface area contributed by atoms with Gasteiger partial charge in [-0.25, -0.2) is 8.42 Å². The van der Waals surface area contributed by atoms with Crippen LogP contribution in [0, 0.1) is 0 Å². The van der Waals surface area contributed by atoms with Gasteiger partial charge < -0.3 is 4.74 Å². The van der Waals surface area contributed by atoms with Gasteiger partial charge in [0.1, 0.15) is 10.6 Å². The molecule has 2 aromatic carbocycles. The summed E-state index contributed by atoms with van der Waals surface area (Å²) >= 11 is 8.42. The molecule has 0 bridgehead atoms. The molecule has 0 saturated carbocycles. The van der Waals surface area contributed by atoms with Gasteiger partial charge >= 0.3 is 0 Å². The highest BCUT2D eigenvalue weighted by atomic mass is 79.9. The monoisotopic (exact) mass is 505 g/mol. The van der Waals surface area contributed by atoms with Crippen molar-refractivity contribution in [2.75, 3.05) is 18.9 Å². The Morgan fingerprint density at radius 3 is 2.52 bits per heavy atom. The molecule has 134 valence electrons. The third kappa shape index (κ3) is 4.08. The Morgan fingerprint density at radius 1 is 1.16 bits per heavy atom. The van der Waals surface area contributed by atoms with E-state index in [-0.39, 0.29) is 10.3 Å². The third-order valence-corrected chi connectivity index (χ3v) is 8.10. The van der Waals surface area contributed by atoms with Gasteiger partial charge in [-0.2, -0.15) is 4.31 Å². The molecule has 0 N–H and O–H groups in total. The second-order valence-electron chi connectivity index (χ2n) is 5.41. The molecule has 1 unspecified atom stereocenters. The van der Waals surface area contributed by atoms with E-state index in [2.05, 4.69) is 31.9 Å². The maximum atomic E-state index is 13.3. The van der Waals surface area contributed by atoms with E-state index in [1.165, 1.54) is 0 Å². The van der Waals surface area contributed by atoms with Gasteiger partial charge in [0.25, 0.3) is 0 Å². The van der Waals surface area contributed by atoms with Gasteiger partial charge in [-0.05, 0) is 42.8 Å². The molecule has 1 atom stereocenters. The summed E-state index contributed by atoms with van der Waals surface area (Å²) in [6.07, 6.45) is 0. The molecule has 3 rings (SSSR count). The number of benzene rings is 2. The number of sulfonamides is 1. The Balaban J connectivity index is 2.01. The Kier molecular flexibility index (Phi) is 6.15. The predicted molar refractivity (Wildman–Crippen MR) is 109 cm³/mol. The quantitative estimate of drug-likeness (QED) is 0.569. The average Bonchev–Trinajstić information content (AvgIpc) is 3.08. The lowest BCUT2D eigenvalue weighted by Crippen LogP contribution is -2.31. The van der Waals surface area contributed by atoms with Crippen LogP contribution in [-0.4, -0.2) is 31.6 Å². The normalized spacial score (nSPS) is 18.4. The zero-order valence-electron chi connectivity index (χ0n) is 13.5. The Labute approximate surface area is 169 Å². The number of halogens is 2. The molecule has 0 spiro atoms. The molecule has 0 aliphatic carbocycles. The lowest BCUT2D eigenvalue weighted by atomic mass is 10.2. The second-order valence-corrected chi connectivity index (χ2v) is 10.3. The number of thioether (sulfide) groups is 1. The summed E-state index contributed by atoms with van der Waals surface area (Å²) in [5.41, 5.74) is 0.974. The van der Waals surface area contributed by atoms with Crippen molar-refractivity contribution >= 4 is 53.6 Å². The van der Waals surface area contributed by atoms with Crippen molar-refractivity contribution < 1.29 is 13.2 Å². The molecule has 0 radical (unpaired) electrons. The molecule has 4 nitrogen and oxygen atoms in total. The topological polar surface area (TPSA) is 46.6 Å². The van der Waals surface area contributed by atoms with Crippen LogP contribution in [0.1, 0.15) is 17.9 Å². The van der Waals surface area contributed by atoms with Crippen LogP contribution in [-0.2, 0) is 10.0 Å². The molecule has 1 aliphatic rings. The summed E-state index contributed by atoms with van der Waals surface area (Å²) in [4.78, 5) is 0.202. The number of nitrogens with zero attached hydrogens (tertiary/aromatic N) is 1. The number of ether oxygens (including phenoxy) is 1. The molecular weight excluding hydrogens is 490 g/mol. The fraction of sp³-hybridized carbons (Fsp3) is 0.294. The van der Waals surface area contributed by atoms with E-state index in [0.29, 0.717) is 23.4 Å². The summed E-state index contributed by atoms with van der Waals surface area (Å²) in [6.45, 7) is 2.73. The third-order valence-electron chi connectivity index (χ3n) is 3.80. The van der Waals surface area contributed by atoms with Crippen LogP contribution in [0.2, 0.25) is 0 Å². The summed E-state index contributed by atoms with van der Waals surface area (Å²) in [6, 6.07) is 12.9. The van der Waals surface area contributed by atoms with Crippen LogP contribution < -0.4 is 4.74 Å². The minimum Gasteiger partial charge on any atom is -0.492 e. The van der Waals surface area contributed by atoms with Crippen LogP contribution >= 0.6 is 43.6 Å². The maximum Gasteiger partial charge on any atom is 0.248 e. The lowest BCUT2D eigenvalue weighted by molar-refractivity contribution is 0.329. The van der Waals surface area contributed by atoms with E-state index >= 15 is 0 Å². The van der Waals surface area contributed by atoms with Crippen LogP contribution in [0.25, 0.3) is 0 Å². The van der Waals surface area contributed by atoms with E-state index in [9.17, 15) is 8.42 Å². The standard InChI is InChI=1S/C17H17Br2NO3S2/c1-2-23-15-8-7-14(19)11-16(15)25(21,22)20-9-10-24-17(20)12-3-5-13(18)6-4-12/h3-8,11,17H,2,9-10H2,1H3. The zero-order chi connectivity index (χ0) is 18.0. The molecule has 1 heterocycles. The smallest absolute Gasteiger partial charge is 0.248 e. The van der Waals surface area contributed by atoms with Crippen LogP contribution in [0.15, 0.2) is 56.3 Å². The Morgan fingerprint density at radius 2 is 1.84 bits per heavy atom. The highest BCUT2D eigenvalue weighted by molar-refractivity contribution is 9.10. The molecule has 1 aliphatic heterocycles. The first-order chi connectivity index (χ1) is 11.9. The Bertz CT molecular complexity index is 857. The number of hydrogen-bond donors (Lipinski definition) is 0. The fourth-order valence-corrected chi connectivity index (χ4v) is 6.85. The van der Waals surface area contributed by atoms with Gasteiger partial charge in [0.05, 0.1) is 12.0 Å². The molecule has 25 heavy (non-hydrogen) atoms. The zero-order valence-corrected chi connectivity index (χ0v) is 18.3. The van der Waals surface area contributed by atoms with E-state index in [4.69, 9.17) is 4.74 Å². The molecular formula is C17H17Br2NO3S2. The summed E-state index contributed by atoms with van der Waals surface area (Å²) in [5, 5.41) is -0.230. The SMILES string of the molecule is CCOc1ccc(Br)cc1S(=O)(=O)N1CCSC1c1ccc(Br)cc1. The summed E-state index contributed by atoms with van der Waals surface area (Å²) in [7, 11) is -3.68. The van der Waals surface area contributed by atoms with E-state index in [1.807, 2.05) is 31.2 Å². The minimum atomic E-state index is -3.68. The van der Waals surface area contributed by atoms with Crippen molar-refractivity contribution in [3.63, 3.8) is 0 Å². The van der Waals surface area contributed by atoms with E-state index in [0.717, 1.165) is 15.8 Å². The Hall–Kier alpha value is -0.540. The molecule has 1 fully saturated rings. The van der Waals surface area contributed by atoms with Crippen molar-refractivity contribution in [3.8, 4) is 5.75 Å². The fourth-order valence-electron chi connectivity index (χ4n) is 2.68. The first-order valence-electron chi connectivity index (χ1n) is 7.74. The van der Waals surface area contributed by atoms with Crippen molar-refractivity contribution in [1.29, 1.82) is 0 Å². The van der Waals surface area contributed by atoms with E-state index in [1.54, 1.807) is 34.3 Å². The highest BCUT2D eigenvalue weighted by Crippen LogP contribution is 2.43. The van der Waals surface area contributed by atoms with Gasteiger partial charge in [-0.1, -0.05) is 44.0 Å². The molecule has 0 aromatic heterocycles. The van der Waals surface area contributed by atoms with E-state index < -0.39 is 10.0 Å². The highest BCUT2D eigenvalue weighted by Gasteiger charge is 2.38. The molecule has 0 amide bonds. The first kappa shape index (κ1) is 19.2. The maximum absolute atomic E-state index is 13.3. The number of rotatable bonds is 5. The van der Waals surface area contributed by atoms with Crippen LogP contribution in [0.4, 0.5) is 0 Å². The van der Waals surface area contributed by atoms with Gasteiger partial charge in [-0.15, -0.1) is 11.8 Å². The summed E-state index contributed by atoms with van der Waals surface area (Å²) < 4.78 is 35.5. The van der Waals surface area contributed by atoms with Crippen LogP contribution in [0.5, 0.6) is 5.75 Å². The van der Waals surface area contributed by atoms with Crippen LogP contribution in [0.3, 0.4) is 0 Å². The van der Waals surface area contributed by atoms with Crippen molar-refractivity contribution in [2.45, 2.75) is 17.2 Å². The van der Waals surface area contributed by atoms with Crippen molar-refractivity contribution in [2.24, 2.45) is 0 Å². The van der Waals surface area contributed by atoms with Crippen molar-refractivity contribution in [3.05, 3.63) is 57.0 Å². The minimum absolute atomic E-state index is 0.202. The van der Waals surface area contributed by atoms with Gasteiger partial charge in [0.2, 0.25) is 10.0 Å². The second kappa shape index (κ2) is 8.00.